The second-order valence-corrected chi connectivity index (χ2v) is 6.00. The van der Waals surface area contributed by atoms with Gasteiger partial charge in [0.2, 0.25) is 5.89 Å². The smallest absolute Gasteiger partial charge is 0.303 e. The Morgan fingerprint density at radius 2 is 1.95 bits per heavy atom. The molecule has 0 spiro atoms. The highest BCUT2D eigenvalue weighted by Crippen LogP contribution is 2.25. The third kappa shape index (κ3) is 5.02. The van der Waals surface area contributed by atoms with Crippen molar-refractivity contribution in [2.75, 3.05) is 0 Å². The molecular weight excluding hydrogens is 268 g/mol. The number of carboxylic acids is 1. The van der Waals surface area contributed by atoms with E-state index in [9.17, 15) is 4.79 Å². The van der Waals surface area contributed by atoms with E-state index in [-0.39, 0.29) is 6.42 Å². The average molecular weight is 288 g/mol. The summed E-state index contributed by atoms with van der Waals surface area (Å²) in [6.45, 7) is 3.77. The Balaban J connectivity index is 1.91. The Morgan fingerprint density at radius 1 is 1.24 bits per heavy atom. The van der Waals surface area contributed by atoms with Crippen LogP contribution in [-0.4, -0.2) is 21.2 Å². The molecule has 0 saturated heterocycles. The molecule has 2 aromatic rings. The van der Waals surface area contributed by atoms with Crippen molar-refractivity contribution in [1.82, 2.24) is 10.1 Å². The molecule has 0 aliphatic heterocycles. The monoisotopic (exact) mass is 288 g/mol. The first-order chi connectivity index (χ1) is 9.94. The number of carboxylic acid groups (broad SMARTS) is 1. The van der Waals surface area contributed by atoms with Gasteiger partial charge in [0.1, 0.15) is 0 Å². The molecule has 0 atom stereocenters. The molecule has 5 heteroatoms. The molecule has 1 heterocycles. The van der Waals surface area contributed by atoms with Crippen molar-refractivity contribution in [3.63, 3.8) is 0 Å². The minimum atomic E-state index is -0.816. The SMILES string of the molecule is CC(C)(CC(=O)O)Cc1nc(CCc2ccccc2)no1. The maximum absolute atomic E-state index is 10.8. The van der Waals surface area contributed by atoms with Crippen LogP contribution in [0.2, 0.25) is 0 Å². The zero-order valence-electron chi connectivity index (χ0n) is 12.4. The summed E-state index contributed by atoms with van der Waals surface area (Å²) in [6.07, 6.45) is 2.12. The highest BCUT2D eigenvalue weighted by Gasteiger charge is 2.25. The molecule has 0 unspecified atom stereocenters. The summed E-state index contributed by atoms with van der Waals surface area (Å²) < 4.78 is 5.22. The van der Waals surface area contributed by atoms with Crippen LogP contribution in [0.15, 0.2) is 34.9 Å². The van der Waals surface area contributed by atoms with Gasteiger partial charge in [0.25, 0.3) is 0 Å². The van der Waals surface area contributed by atoms with Crippen LogP contribution in [0.5, 0.6) is 0 Å². The number of nitrogens with zero attached hydrogens (tertiary/aromatic N) is 2. The number of hydrogen-bond acceptors (Lipinski definition) is 4. The number of hydrogen-bond donors (Lipinski definition) is 1. The van der Waals surface area contributed by atoms with Crippen LogP contribution < -0.4 is 0 Å². The van der Waals surface area contributed by atoms with Crippen molar-refractivity contribution in [3.05, 3.63) is 47.6 Å². The molecule has 0 bridgehead atoms. The summed E-state index contributed by atoms with van der Waals surface area (Å²) in [5.74, 6) is 0.355. The number of aromatic nitrogens is 2. The van der Waals surface area contributed by atoms with Crippen LogP contribution in [0.1, 0.15) is 37.5 Å². The second kappa shape index (κ2) is 6.52. The molecule has 1 aromatic carbocycles. The Labute approximate surface area is 124 Å². The first-order valence-electron chi connectivity index (χ1n) is 7.02. The van der Waals surface area contributed by atoms with E-state index in [1.165, 1.54) is 5.56 Å². The van der Waals surface area contributed by atoms with Gasteiger partial charge in [0, 0.05) is 12.8 Å². The molecule has 0 fully saturated rings. The average Bonchev–Trinajstić information content (AvgIpc) is 2.82. The normalized spacial score (nSPS) is 11.5. The molecule has 1 aromatic heterocycles. The summed E-state index contributed by atoms with van der Waals surface area (Å²) in [5, 5.41) is 12.8. The van der Waals surface area contributed by atoms with Gasteiger partial charge < -0.3 is 9.63 Å². The number of aliphatic carboxylic acids is 1. The first kappa shape index (κ1) is 15.2. The zero-order chi connectivity index (χ0) is 15.3. The van der Waals surface area contributed by atoms with Crippen LogP contribution in [0.25, 0.3) is 0 Å². The minimum absolute atomic E-state index is 0.0781. The van der Waals surface area contributed by atoms with Crippen LogP contribution in [0, 0.1) is 5.41 Å². The second-order valence-electron chi connectivity index (χ2n) is 6.00. The molecule has 0 saturated carbocycles. The lowest BCUT2D eigenvalue weighted by molar-refractivity contribution is -0.139. The topological polar surface area (TPSA) is 76.2 Å². The third-order valence-corrected chi connectivity index (χ3v) is 3.25. The van der Waals surface area contributed by atoms with Crippen molar-refractivity contribution in [2.45, 2.75) is 39.5 Å². The van der Waals surface area contributed by atoms with Crippen molar-refractivity contribution in [2.24, 2.45) is 5.41 Å². The van der Waals surface area contributed by atoms with Crippen LogP contribution in [0.4, 0.5) is 0 Å². The van der Waals surface area contributed by atoms with Gasteiger partial charge in [-0.05, 0) is 17.4 Å². The summed E-state index contributed by atoms with van der Waals surface area (Å²) in [4.78, 5) is 15.2. The summed E-state index contributed by atoms with van der Waals surface area (Å²) in [6, 6.07) is 10.1. The molecule has 112 valence electrons. The molecule has 0 radical (unpaired) electrons. The zero-order valence-corrected chi connectivity index (χ0v) is 12.4. The van der Waals surface area contributed by atoms with E-state index in [0.29, 0.717) is 24.6 Å². The maximum Gasteiger partial charge on any atom is 0.303 e. The molecule has 5 nitrogen and oxygen atoms in total. The highest BCUT2D eigenvalue weighted by atomic mass is 16.5. The fraction of sp³-hybridized carbons (Fsp3) is 0.438. The number of aryl methyl sites for hydroxylation is 2. The fourth-order valence-corrected chi connectivity index (χ4v) is 2.25. The highest BCUT2D eigenvalue weighted by molar-refractivity contribution is 5.67. The van der Waals surface area contributed by atoms with Crippen molar-refractivity contribution < 1.29 is 14.4 Å². The molecule has 1 N–H and O–H groups in total. The summed E-state index contributed by atoms with van der Waals surface area (Å²) >= 11 is 0. The summed E-state index contributed by atoms with van der Waals surface area (Å²) in [7, 11) is 0. The van der Waals surface area contributed by atoms with E-state index in [1.54, 1.807) is 0 Å². The molecule has 0 amide bonds. The number of carbonyl (C=O) groups is 1. The molecular formula is C16H20N2O3. The number of benzene rings is 1. The van der Waals surface area contributed by atoms with E-state index >= 15 is 0 Å². The quantitative estimate of drug-likeness (QED) is 0.847. The van der Waals surface area contributed by atoms with Crippen molar-refractivity contribution in [3.8, 4) is 0 Å². The molecule has 0 aliphatic carbocycles. The van der Waals surface area contributed by atoms with Crippen molar-refractivity contribution >= 4 is 5.97 Å². The van der Waals surface area contributed by atoms with E-state index in [0.717, 1.165) is 6.42 Å². The van der Waals surface area contributed by atoms with Gasteiger partial charge in [-0.15, -0.1) is 0 Å². The van der Waals surface area contributed by atoms with E-state index in [1.807, 2.05) is 32.0 Å². The van der Waals surface area contributed by atoms with E-state index < -0.39 is 11.4 Å². The third-order valence-electron chi connectivity index (χ3n) is 3.25. The molecule has 21 heavy (non-hydrogen) atoms. The maximum atomic E-state index is 10.8. The first-order valence-corrected chi connectivity index (χ1v) is 7.02. The van der Waals surface area contributed by atoms with Gasteiger partial charge >= 0.3 is 5.97 Å². The lowest BCUT2D eigenvalue weighted by Gasteiger charge is -2.19. The van der Waals surface area contributed by atoms with Gasteiger partial charge in [0.05, 0.1) is 6.42 Å². The Bertz CT molecular complexity index is 591. The molecule has 0 aliphatic rings. The van der Waals surface area contributed by atoms with Gasteiger partial charge in [0.15, 0.2) is 5.82 Å². The largest absolute Gasteiger partial charge is 0.481 e. The van der Waals surface area contributed by atoms with Gasteiger partial charge in [-0.2, -0.15) is 4.98 Å². The Hall–Kier alpha value is -2.17. The standard InChI is InChI=1S/C16H20N2O3/c1-16(2,11-15(19)20)10-14-17-13(18-21-14)9-8-12-6-4-3-5-7-12/h3-7H,8-11H2,1-2H3,(H,19,20). The fourth-order valence-electron chi connectivity index (χ4n) is 2.25. The van der Waals surface area contributed by atoms with Crippen LogP contribution >= 0.6 is 0 Å². The van der Waals surface area contributed by atoms with E-state index in [4.69, 9.17) is 9.63 Å². The summed E-state index contributed by atoms with van der Waals surface area (Å²) in [5.41, 5.74) is 0.838. The Kier molecular flexibility index (Phi) is 4.73. The van der Waals surface area contributed by atoms with Gasteiger partial charge in [-0.25, -0.2) is 0 Å². The lowest BCUT2D eigenvalue weighted by atomic mass is 9.86. The van der Waals surface area contributed by atoms with Gasteiger partial charge in [-0.1, -0.05) is 49.3 Å². The lowest BCUT2D eigenvalue weighted by Crippen LogP contribution is -2.19. The molecule has 2 rings (SSSR count). The van der Waals surface area contributed by atoms with Crippen LogP contribution in [0.3, 0.4) is 0 Å². The van der Waals surface area contributed by atoms with Gasteiger partial charge in [-0.3, -0.25) is 4.79 Å². The van der Waals surface area contributed by atoms with E-state index in [2.05, 4.69) is 22.3 Å². The predicted octanol–water partition coefficient (Wildman–Crippen LogP) is 2.90. The predicted molar refractivity (Wildman–Crippen MR) is 77.9 cm³/mol. The number of rotatable bonds is 7. The van der Waals surface area contributed by atoms with Crippen molar-refractivity contribution in [1.29, 1.82) is 0 Å². The minimum Gasteiger partial charge on any atom is -0.481 e. The van der Waals surface area contributed by atoms with Crippen LogP contribution in [-0.2, 0) is 24.1 Å². The Morgan fingerprint density at radius 3 is 2.62 bits per heavy atom.